The standard InChI is InChI=1S/C16H26N4/c1-5-6-16(17-4)14-7-9-19(11-14)12-15-8-10-20(18-15)13(2)3/h7-11,13,16-17H,5-6,12H2,1-4H3. The number of nitrogens with zero attached hydrogens (tertiary/aromatic N) is 3. The third kappa shape index (κ3) is 3.51. The maximum absolute atomic E-state index is 4.60. The van der Waals surface area contributed by atoms with Crippen LogP contribution >= 0.6 is 0 Å². The molecule has 0 amide bonds. The van der Waals surface area contributed by atoms with Crippen LogP contribution in [-0.4, -0.2) is 21.4 Å². The van der Waals surface area contributed by atoms with Gasteiger partial charge < -0.3 is 9.88 Å². The summed E-state index contributed by atoms with van der Waals surface area (Å²) in [5.41, 5.74) is 2.47. The minimum Gasteiger partial charge on any atom is -0.348 e. The monoisotopic (exact) mass is 274 g/mol. The summed E-state index contributed by atoms with van der Waals surface area (Å²) in [6, 6.07) is 5.18. The third-order valence-electron chi connectivity index (χ3n) is 3.64. The topological polar surface area (TPSA) is 34.8 Å². The van der Waals surface area contributed by atoms with Gasteiger partial charge in [-0.15, -0.1) is 0 Å². The van der Waals surface area contributed by atoms with Crippen LogP contribution in [0.25, 0.3) is 0 Å². The first-order chi connectivity index (χ1) is 9.63. The third-order valence-corrected chi connectivity index (χ3v) is 3.64. The van der Waals surface area contributed by atoms with Gasteiger partial charge in [0.05, 0.1) is 12.2 Å². The van der Waals surface area contributed by atoms with Crippen LogP contribution in [0, 0.1) is 0 Å². The van der Waals surface area contributed by atoms with E-state index in [2.05, 4.69) is 66.5 Å². The number of aromatic nitrogens is 3. The Morgan fingerprint density at radius 3 is 2.65 bits per heavy atom. The predicted molar refractivity (Wildman–Crippen MR) is 82.9 cm³/mol. The summed E-state index contributed by atoms with van der Waals surface area (Å²) in [7, 11) is 2.03. The molecule has 1 atom stereocenters. The molecule has 0 aliphatic carbocycles. The lowest BCUT2D eigenvalue weighted by Crippen LogP contribution is -2.15. The average molecular weight is 274 g/mol. The van der Waals surface area contributed by atoms with Crippen molar-refractivity contribution in [3.8, 4) is 0 Å². The van der Waals surface area contributed by atoms with Crippen molar-refractivity contribution in [3.05, 3.63) is 42.0 Å². The highest BCUT2D eigenvalue weighted by molar-refractivity contribution is 5.16. The molecule has 0 saturated carbocycles. The molecule has 2 aromatic heterocycles. The van der Waals surface area contributed by atoms with Crippen LogP contribution in [0.15, 0.2) is 30.7 Å². The van der Waals surface area contributed by atoms with Crippen LogP contribution in [0.5, 0.6) is 0 Å². The Bertz CT molecular complexity index is 524. The molecular formula is C16H26N4. The van der Waals surface area contributed by atoms with Crippen molar-refractivity contribution in [1.29, 1.82) is 0 Å². The first-order valence-corrected chi connectivity index (χ1v) is 7.51. The van der Waals surface area contributed by atoms with Crippen LogP contribution in [0.2, 0.25) is 0 Å². The first kappa shape index (κ1) is 14.9. The molecule has 2 heterocycles. The van der Waals surface area contributed by atoms with Gasteiger partial charge in [-0.3, -0.25) is 4.68 Å². The van der Waals surface area contributed by atoms with Crippen LogP contribution in [-0.2, 0) is 6.54 Å². The molecule has 0 spiro atoms. The van der Waals surface area contributed by atoms with Crippen molar-refractivity contribution < 1.29 is 0 Å². The van der Waals surface area contributed by atoms with Crippen LogP contribution in [0.1, 0.15) is 57.0 Å². The molecule has 0 aliphatic rings. The molecule has 1 N–H and O–H groups in total. The summed E-state index contributed by atoms with van der Waals surface area (Å²) in [6.45, 7) is 7.35. The minimum absolute atomic E-state index is 0.419. The Hall–Kier alpha value is -1.55. The van der Waals surface area contributed by atoms with E-state index in [4.69, 9.17) is 0 Å². The van der Waals surface area contributed by atoms with Gasteiger partial charge >= 0.3 is 0 Å². The van der Waals surface area contributed by atoms with E-state index in [0.717, 1.165) is 12.2 Å². The Labute approximate surface area is 121 Å². The van der Waals surface area contributed by atoms with Gasteiger partial charge in [0.1, 0.15) is 0 Å². The molecule has 1 unspecified atom stereocenters. The van der Waals surface area contributed by atoms with Crippen molar-refractivity contribution in [3.63, 3.8) is 0 Å². The van der Waals surface area contributed by atoms with Gasteiger partial charge in [0.2, 0.25) is 0 Å². The maximum Gasteiger partial charge on any atom is 0.0821 e. The quantitative estimate of drug-likeness (QED) is 0.840. The maximum atomic E-state index is 4.60. The summed E-state index contributed by atoms with van der Waals surface area (Å²) in [6.07, 6.45) is 8.78. The van der Waals surface area contributed by atoms with Gasteiger partial charge in [-0.05, 0) is 45.0 Å². The summed E-state index contributed by atoms with van der Waals surface area (Å²) in [4.78, 5) is 0. The lowest BCUT2D eigenvalue weighted by Gasteiger charge is -2.13. The molecule has 0 fully saturated rings. The Morgan fingerprint density at radius 2 is 2.05 bits per heavy atom. The van der Waals surface area contributed by atoms with Gasteiger partial charge in [-0.25, -0.2) is 0 Å². The number of nitrogens with one attached hydrogen (secondary N) is 1. The molecule has 0 aliphatic heterocycles. The van der Waals surface area contributed by atoms with Gasteiger partial charge in [0, 0.05) is 30.7 Å². The predicted octanol–water partition coefficient (Wildman–Crippen LogP) is 3.37. The molecule has 20 heavy (non-hydrogen) atoms. The first-order valence-electron chi connectivity index (χ1n) is 7.51. The van der Waals surface area contributed by atoms with E-state index in [0.29, 0.717) is 12.1 Å². The SMILES string of the molecule is CCCC(NC)c1ccn(Cc2ccn(C(C)C)n2)c1. The van der Waals surface area contributed by atoms with Crippen molar-refractivity contribution in [2.75, 3.05) is 7.05 Å². The van der Waals surface area contributed by atoms with E-state index in [1.54, 1.807) is 0 Å². The van der Waals surface area contributed by atoms with Crippen LogP contribution < -0.4 is 5.32 Å². The van der Waals surface area contributed by atoms with Gasteiger partial charge in [0.25, 0.3) is 0 Å². The molecule has 110 valence electrons. The van der Waals surface area contributed by atoms with Gasteiger partial charge in [-0.2, -0.15) is 5.10 Å². The fraction of sp³-hybridized carbons (Fsp3) is 0.562. The zero-order chi connectivity index (χ0) is 14.5. The molecule has 0 bridgehead atoms. The highest BCUT2D eigenvalue weighted by Crippen LogP contribution is 2.18. The second-order valence-corrected chi connectivity index (χ2v) is 5.63. The smallest absolute Gasteiger partial charge is 0.0821 e. The van der Waals surface area contributed by atoms with Crippen molar-refractivity contribution in [2.45, 2.75) is 52.2 Å². The molecular weight excluding hydrogens is 248 g/mol. The zero-order valence-electron chi connectivity index (χ0n) is 13.0. The summed E-state index contributed by atoms with van der Waals surface area (Å²) in [5.74, 6) is 0. The highest BCUT2D eigenvalue weighted by atomic mass is 15.3. The van der Waals surface area contributed by atoms with E-state index in [9.17, 15) is 0 Å². The number of rotatable bonds is 7. The fourth-order valence-electron chi connectivity index (χ4n) is 2.47. The lowest BCUT2D eigenvalue weighted by molar-refractivity contribution is 0.523. The molecule has 0 saturated heterocycles. The molecule has 0 aromatic carbocycles. The largest absolute Gasteiger partial charge is 0.348 e. The summed E-state index contributed by atoms with van der Waals surface area (Å²) >= 11 is 0. The van der Waals surface area contributed by atoms with Crippen molar-refractivity contribution in [1.82, 2.24) is 19.7 Å². The fourth-order valence-corrected chi connectivity index (χ4v) is 2.47. The molecule has 4 nitrogen and oxygen atoms in total. The second-order valence-electron chi connectivity index (χ2n) is 5.63. The van der Waals surface area contributed by atoms with Gasteiger partial charge in [0.15, 0.2) is 0 Å². The van der Waals surface area contributed by atoms with Crippen LogP contribution in [0.3, 0.4) is 0 Å². The normalized spacial score (nSPS) is 13.1. The van der Waals surface area contributed by atoms with E-state index in [1.807, 2.05) is 11.7 Å². The Kier molecular flexibility index (Phi) is 5.01. The van der Waals surface area contributed by atoms with Crippen molar-refractivity contribution in [2.24, 2.45) is 0 Å². The van der Waals surface area contributed by atoms with Crippen LogP contribution in [0.4, 0.5) is 0 Å². The van der Waals surface area contributed by atoms with E-state index in [1.165, 1.54) is 18.4 Å². The Balaban J connectivity index is 2.04. The summed E-state index contributed by atoms with van der Waals surface area (Å²) < 4.78 is 4.22. The molecule has 4 heteroatoms. The second kappa shape index (κ2) is 6.75. The van der Waals surface area contributed by atoms with Gasteiger partial charge in [-0.1, -0.05) is 13.3 Å². The van der Waals surface area contributed by atoms with Crippen molar-refractivity contribution >= 4 is 0 Å². The Morgan fingerprint density at radius 1 is 1.25 bits per heavy atom. The van der Waals surface area contributed by atoms with E-state index >= 15 is 0 Å². The zero-order valence-corrected chi connectivity index (χ0v) is 13.0. The van der Waals surface area contributed by atoms with E-state index in [-0.39, 0.29) is 0 Å². The average Bonchev–Trinajstić information content (AvgIpc) is 3.06. The minimum atomic E-state index is 0.419. The highest BCUT2D eigenvalue weighted by Gasteiger charge is 2.10. The van der Waals surface area contributed by atoms with E-state index < -0.39 is 0 Å². The molecule has 2 rings (SSSR count). The molecule has 2 aromatic rings. The number of hydrogen-bond donors (Lipinski definition) is 1. The number of hydrogen-bond acceptors (Lipinski definition) is 2. The molecule has 0 radical (unpaired) electrons. The summed E-state index contributed by atoms with van der Waals surface area (Å²) in [5, 5.41) is 7.98. The lowest BCUT2D eigenvalue weighted by atomic mass is 10.1.